The predicted molar refractivity (Wildman–Crippen MR) is 253 cm³/mol. The third-order valence-electron chi connectivity index (χ3n) is 12.4. The molecule has 0 aliphatic rings. The number of pyridine rings is 1. The molecule has 6 heteroatoms. The standard InChI is InChI=1S/C55H32N4OS/c1-32-16-20-45-43(25-32)53-47(21-19-40-39-11-2-4-14-49(39)60-55(40)53)59(45)38-27-33(31-56)26-36(29-38)34-9-8-10-37(28-34)58-46-22-23-51-54(42-12-3-5-15-50(42)61-51)52(46)41-18-17-35(30-48(41)58)44-13-6-7-24-57-44/h2-30H,1H3. The topological polar surface area (TPSA) is 59.7 Å². The van der Waals surface area contributed by atoms with E-state index in [2.05, 4.69) is 156 Å². The average Bonchev–Trinajstić information content (AvgIpc) is 4.06. The van der Waals surface area contributed by atoms with Gasteiger partial charge in [-0.2, -0.15) is 5.26 Å². The molecule has 0 fully saturated rings. The first kappa shape index (κ1) is 33.9. The number of rotatable bonds is 4. The Balaban J connectivity index is 1.04. The molecule has 0 atom stereocenters. The van der Waals surface area contributed by atoms with Gasteiger partial charge in [-0.3, -0.25) is 4.98 Å². The number of hydrogen-bond acceptors (Lipinski definition) is 4. The van der Waals surface area contributed by atoms with Crippen molar-refractivity contribution in [2.75, 3.05) is 0 Å². The minimum Gasteiger partial charge on any atom is -0.455 e. The molecule has 0 unspecified atom stereocenters. The molecule has 0 amide bonds. The fourth-order valence-electron chi connectivity index (χ4n) is 9.77. The summed E-state index contributed by atoms with van der Waals surface area (Å²) in [5.74, 6) is 0. The molecule has 0 radical (unpaired) electrons. The maximum absolute atomic E-state index is 10.5. The summed E-state index contributed by atoms with van der Waals surface area (Å²) in [6.07, 6.45) is 1.85. The molecule has 8 aromatic carbocycles. The first-order valence-electron chi connectivity index (χ1n) is 20.4. The van der Waals surface area contributed by atoms with Crippen molar-refractivity contribution in [3.05, 3.63) is 187 Å². The molecule has 0 saturated heterocycles. The van der Waals surface area contributed by atoms with Crippen molar-refractivity contribution >= 4 is 97.1 Å². The number of aryl methyl sites for hydroxylation is 1. The molecule has 61 heavy (non-hydrogen) atoms. The van der Waals surface area contributed by atoms with Crippen LogP contribution in [0.5, 0.6) is 0 Å². The molecule has 13 aromatic rings. The lowest BCUT2D eigenvalue weighted by Gasteiger charge is -2.14. The number of thiophene rings is 1. The molecule has 0 bridgehead atoms. The van der Waals surface area contributed by atoms with Crippen LogP contribution in [0.1, 0.15) is 11.1 Å². The Morgan fingerprint density at radius 3 is 2.20 bits per heavy atom. The number of hydrogen-bond donors (Lipinski definition) is 0. The summed E-state index contributed by atoms with van der Waals surface area (Å²) in [5.41, 5.74) is 13.8. The van der Waals surface area contributed by atoms with Crippen LogP contribution in [0.15, 0.2) is 180 Å². The molecule has 0 aliphatic carbocycles. The Kier molecular flexibility index (Phi) is 7.10. The van der Waals surface area contributed by atoms with E-state index in [9.17, 15) is 5.26 Å². The van der Waals surface area contributed by atoms with Crippen LogP contribution >= 0.6 is 11.3 Å². The van der Waals surface area contributed by atoms with Gasteiger partial charge < -0.3 is 13.6 Å². The van der Waals surface area contributed by atoms with E-state index in [0.29, 0.717) is 5.56 Å². The van der Waals surface area contributed by atoms with Crippen molar-refractivity contribution in [2.24, 2.45) is 0 Å². The van der Waals surface area contributed by atoms with Crippen LogP contribution < -0.4 is 0 Å². The first-order valence-corrected chi connectivity index (χ1v) is 21.2. The largest absolute Gasteiger partial charge is 0.455 e. The van der Waals surface area contributed by atoms with Crippen LogP contribution in [0, 0.1) is 18.3 Å². The van der Waals surface area contributed by atoms with E-state index in [0.717, 1.165) is 88.5 Å². The van der Waals surface area contributed by atoms with Crippen LogP contribution in [0.3, 0.4) is 0 Å². The van der Waals surface area contributed by atoms with E-state index < -0.39 is 0 Å². The fraction of sp³-hybridized carbons (Fsp3) is 0.0182. The highest BCUT2D eigenvalue weighted by molar-refractivity contribution is 7.26. The number of aromatic nitrogens is 3. The molecule has 5 nitrogen and oxygen atoms in total. The van der Waals surface area contributed by atoms with Crippen molar-refractivity contribution < 1.29 is 4.42 Å². The molecule has 0 N–H and O–H groups in total. The Morgan fingerprint density at radius 1 is 0.508 bits per heavy atom. The van der Waals surface area contributed by atoms with Gasteiger partial charge in [-0.05, 0) is 115 Å². The van der Waals surface area contributed by atoms with Gasteiger partial charge in [0.1, 0.15) is 11.2 Å². The minimum absolute atomic E-state index is 0.591. The normalized spacial score (nSPS) is 12.0. The number of furan rings is 1. The SMILES string of the molecule is Cc1ccc2c(c1)c1c3oc4ccccc4c3ccc1n2-c1cc(C#N)cc(-c2cccc(-n3c4cc(-c5ccccn5)ccc4c4c5c(ccc43)sc3ccccc35)c2)c1. The van der Waals surface area contributed by atoms with Crippen molar-refractivity contribution in [3.63, 3.8) is 0 Å². The van der Waals surface area contributed by atoms with Crippen LogP contribution in [0.25, 0.3) is 119 Å². The van der Waals surface area contributed by atoms with Gasteiger partial charge in [0.2, 0.25) is 0 Å². The number of nitriles is 1. The second-order valence-corrected chi connectivity index (χ2v) is 17.0. The first-order chi connectivity index (χ1) is 30.1. The summed E-state index contributed by atoms with van der Waals surface area (Å²) in [5, 5.41) is 19.9. The Labute approximate surface area is 353 Å². The van der Waals surface area contributed by atoms with Crippen molar-refractivity contribution in [2.45, 2.75) is 6.92 Å². The van der Waals surface area contributed by atoms with Crippen LogP contribution in [-0.4, -0.2) is 14.1 Å². The monoisotopic (exact) mass is 796 g/mol. The highest BCUT2D eigenvalue weighted by atomic mass is 32.1. The summed E-state index contributed by atoms with van der Waals surface area (Å²) in [6, 6.07) is 62.7. The third kappa shape index (κ3) is 4.96. The zero-order valence-electron chi connectivity index (χ0n) is 32.8. The number of fused-ring (bicyclic) bond motifs is 14. The van der Waals surface area contributed by atoms with E-state index in [1.54, 1.807) is 0 Å². The van der Waals surface area contributed by atoms with Gasteiger partial charge in [-0.25, -0.2) is 0 Å². The second kappa shape index (κ2) is 12.8. The Bertz CT molecular complexity index is 4030. The molecular weight excluding hydrogens is 765 g/mol. The molecule has 0 spiro atoms. The van der Waals surface area contributed by atoms with Crippen LogP contribution in [-0.2, 0) is 0 Å². The van der Waals surface area contributed by atoms with Crippen molar-refractivity contribution in [3.8, 4) is 39.8 Å². The number of nitrogens with zero attached hydrogens (tertiary/aromatic N) is 4. The van der Waals surface area contributed by atoms with Gasteiger partial charge in [0.05, 0.1) is 44.8 Å². The van der Waals surface area contributed by atoms with E-state index in [4.69, 9.17) is 9.40 Å². The molecular formula is C55H32N4OS. The van der Waals surface area contributed by atoms with Crippen LogP contribution in [0.4, 0.5) is 0 Å². The summed E-state index contributed by atoms with van der Waals surface area (Å²) >= 11 is 1.84. The molecule has 13 rings (SSSR count). The minimum atomic E-state index is 0.591. The van der Waals surface area contributed by atoms with E-state index in [-0.39, 0.29) is 0 Å². The quantitative estimate of drug-likeness (QED) is 0.178. The van der Waals surface area contributed by atoms with Gasteiger partial charge >= 0.3 is 0 Å². The smallest absolute Gasteiger partial charge is 0.145 e. The average molecular weight is 797 g/mol. The highest BCUT2D eigenvalue weighted by Gasteiger charge is 2.22. The summed E-state index contributed by atoms with van der Waals surface area (Å²) in [7, 11) is 0. The summed E-state index contributed by atoms with van der Waals surface area (Å²) in [4.78, 5) is 4.72. The van der Waals surface area contributed by atoms with Gasteiger partial charge in [-0.1, -0.05) is 78.4 Å². The number of benzene rings is 8. The Morgan fingerprint density at radius 2 is 1.30 bits per heavy atom. The molecule has 0 aliphatic heterocycles. The maximum atomic E-state index is 10.5. The predicted octanol–water partition coefficient (Wildman–Crippen LogP) is 15.1. The van der Waals surface area contributed by atoms with Gasteiger partial charge in [0.15, 0.2) is 0 Å². The van der Waals surface area contributed by atoms with Gasteiger partial charge in [-0.15, -0.1) is 11.3 Å². The number of para-hydroxylation sites is 1. The van der Waals surface area contributed by atoms with E-state index >= 15 is 0 Å². The van der Waals surface area contributed by atoms with E-state index in [1.807, 2.05) is 53.9 Å². The van der Waals surface area contributed by atoms with Crippen molar-refractivity contribution in [1.29, 1.82) is 5.26 Å². The fourth-order valence-corrected chi connectivity index (χ4v) is 10.9. The van der Waals surface area contributed by atoms with Crippen LogP contribution in [0.2, 0.25) is 0 Å². The molecule has 284 valence electrons. The van der Waals surface area contributed by atoms with Crippen molar-refractivity contribution in [1.82, 2.24) is 14.1 Å². The van der Waals surface area contributed by atoms with E-state index in [1.165, 1.54) is 36.5 Å². The summed E-state index contributed by atoms with van der Waals surface area (Å²) < 4.78 is 13.9. The zero-order chi connectivity index (χ0) is 40.3. The van der Waals surface area contributed by atoms with Gasteiger partial charge in [0, 0.05) is 70.2 Å². The summed E-state index contributed by atoms with van der Waals surface area (Å²) in [6.45, 7) is 2.13. The lowest BCUT2D eigenvalue weighted by atomic mass is 10.0. The Hall–Kier alpha value is -7.98. The third-order valence-corrected chi connectivity index (χ3v) is 13.5. The highest BCUT2D eigenvalue weighted by Crippen LogP contribution is 2.45. The molecule has 5 aromatic heterocycles. The molecule has 0 saturated carbocycles. The lowest BCUT2D eigenvalue weighted by Crippen LogP contribution is -1.97. The molecule has 5 heterocycles. The van der Waals surface area contributed by atoms with Gasteiger partial charge in [0.25, 0.3) is 0 Å². The maximum Gasteiger partial charge on any atom is 0.145 e. The zero-order valence-corrected chi connectivity index (χ0v) is 33.7. The lowest BCUT2D eigenvalue weighted by molar-refractivity contribution is 0.673. The second-order valence-electron chi connectivity index (χ2n) is 15.9.